The molecule has 0 saturated heterocycles. The molecule has 0 N–H and O–H groups in total. The molecule has 1 aromatic heterocycles. The van der Waals surface area contributed by atoms with E-state index >= 15 is 0 Å². The van der Waals surface area contributed by atoms with E-state index in [0.29, 0.717) is 30.8 Å². The molecule has 0 radical (unpaired) electrons. The minimum absolute atomic E-state index is 0.0312. The van der Waals surface area contributed by atoms with Crippen LogP contribution in [0.1, 0.15) is 80.4 Å². The first kappa shape index (κ1) is 24.9. The molecule has 35 heavy (non-hydrogen) atoms. The van der Waals surface area contributed by atoms with Crippen LogP contribution in [0.5, 0.6) is 0 Å². The molecule has 2 aromatic carbocycles. The molecular formula is C30H36N2O3. The maximum absolute atomic E-state index is 14.2. The summed E-state index contributed by atoms with van der Waals surface area (Å²) in [5, 5.41) is 5.01. The molecule has 1 heterocycles. The molecule has 0 unspecified atom stereocenters. The van der Waals surface area contributed by atoms with Crippen LogP contribution in [0.25, 0.3) is 11.3 Å². The Morgan fingerprint density at radius 1 is 1.03 bits per heavy atom. The first-order valence-corrected chi connectivity index (χ1v) is 12.8. The molecule has 0 spiro atoms. The predicted octanol–water partition coefficient (Wildman–Crippen LogP) is 6.64. The number of benzene rings is 2. The van der Waals surface area contributed by atoms with Crippen LogP contribution in [0.15, 0.2) is 60.7 Å². The Morgan fingerprint density at radius 3 is 2.31 bits per heavy atom. The Hall–Kier alpha value is -3.21. The number of carbonyl (C=O) groups is 2. The van der Waals surface area contributed by atoms with Crippen molar-refractivity contribution in [3.63, 3.8) is 0 Å². The number of nitrogens with zero attached hydrogens (tertiary/aromatic N) is 2. The fourth-order valence-electron chi connectivity index (χ4n) is 5.34. The van der Waals surface area contributed by atoms with Gasteiger partial charge in [-0.05, 0) is 43.6 Å². The fraction of sp³-hybridized carbons (Fsp3) is 0.433. The highest BCUT2D eigenvalue weighted by Crippen LogP contribution is 2.46. The summed E-state index contributed by atoms with van der Waals surface area (Å²) >= 11 is 0. The van der Waals surface area contributed by atoms with Crippen molar-refractivity contribution >= 4 is 11.9 Å². The molecule has 5 nitrogen and oxygen atoms in total. The van der Waals surface area contributed by atoms with Crippen LogP contribution in [0.3, 0.4) is 0 Å². The maximum Gasteiger partial charge on any atom is 0.306 e. The van der Waals surface area contributed by atoms with E-state index in [1.807, 2.05) is 60.7 Å². The van der Waals surface area contributed by atoms with Crippen molar-refractivity contribution in [2.45, 2.75) is 65.2 Å². The smallest absolute Gasteiger partial charge is 0.306 e. The van der Waals surface area contributed by atoms with E-state index in [1.54, 1.807) is 11.6 Å². The molecule has 1 aliphatic carbocycles. The summed E-state index contributed by atoms with van der Waals surface area (Å²) in [7, 11) is 0. The number of hydrogen-bond donors (Lipinski definition) is 0. The molecule has 3 aromatic rings. The zero-order valence-corrected chi connectivity index (χ0v) is 21.2. The van der Waals surface area contributed by atoms with Gasteiger partial charge in [-0.1, -0.05) is 81.4 Å². The van der Waals surface area contributed by atoms with Crippen LogP contribution in [0, 0.1) is 11.8 Å². The van der Waals surface area contributed by atoms with E-state index in [2.05, 4.69) is 20.8 Å². The predicted molar refractivity (Wildman–Crippen MR) is 138 cm³/mol. The van der Waals surface area contributed by atoms with Crippen molar-refractivity contribution in [3.8, 4) is 11.3 Å². The molecule has 0 amide bonds. The standard InChI is InChI=1S/C30H36N2O3/c1-5-35-26(33)19-24(18-22-12-8-6-9-13-22)30(34)32-29(23-14-10-7-11-15-23)27-21(4)16-17-25(20(2)3)28(27)31-32/h6-15,20-21,24-25H,5,16-19H2,1-4H3/t21-,24+,25+/m1/s1. The second kappa shape index (κ2) is 11.0. The lowest BCUT2D eigenvalue weighted by Gasteiger charge is -2.28. The second-order valence-electron chi connectivity index (χ2n) is 9.99. The molecule has 1 aliphatic rings. The largest absolute Gasteiger partial charge is 0.466 e. The number of rotatable bonds is 8. The van der Waals surface area contributed by atoms with Gasteiger partial charge in [0.1, 0.15) is 0 Å². The molecule has 0 fully saturated rings. The normalized spacial score (nSPS) is 18.2. The molecule has 184 valence electrons. The summed E-state index contributed by atoms with van der Waals surface area (Å²) in [6.07, 6.45) is 2.64. The highest BCUT2D eigenvalue weighted by molar-refractivity contribution is 5.89. The van der Waals surface area contributed by atoms with E-state index in [4.69, 9.17) is 9.84 Å². The van der Waals surface area contributed by atoms with E-state index < -0.39 is 5.92 Å². The van der Waals surface area contributed by atoms with Crippen molar-refractivity contribution in [3.05, 3.63) is 77.5 Å². The number of fused-ring (bicyclic) bond motifs is 1. The first-order valence-electron chi connectivity index (χ1n) is 12.8. The Bertz CT molecular complexity index is 1150. The average Bonchev–Trinajstić information content (AvgIpc) is 3.26. The molecule has 0 saturated carbocycles. The minimum atomic E-state index is -0.562. The molecule has 5 heteroatoms. The topological polar surface area (TPSA) is 61.2 Å². The lowest BCUT2D eigenvalue weighted by molar-refractivity contribution is -0.143. The van der Waals surface area contributed by atoms with Crippen LogP contribution in [0.4, 0.5) is 0 Å². The van der Waals surface area contributed by atoms with Crippen molar-refractivity contribution in [1.29, 1.82) is 0 Å². The Morgan fingerprint density at radius 2 is 1.69 bits per heavy atom. The van der Waals surface area contributed by atoms with Crippen molar-refractivity contribution in [1.82, 2.24) is 9.78 Å². The summed E-state index contributed by atoms with van der Waals surface area (Å²) in [4.78, 5) is 26.7. The molecule has 3 atom stereocenters. The highest BCUT2D eigenvalue weighted by Gasteiger charge is 2.37. The van der Waals surface area contributed by atoms with Crippen molar-refractivity contribution in [2.24, 2.45) is 11.8 Å². The number of ether oxygens (including phenoxy) is 1. The number of hydrogen-bond acceptors (Lipinski definition) is 4. The van der Waals surface area contributed by atoms with Gasteiger partial charge < -0.3 is 4.74 Å². The van der Waals surface area contributed by atoms with Gasteiger partial charge in [0.15, 0.2) is 0 Å². The zero-order valence-electron chi connectivity index (χ0n) is 21.2. The van der Waals surface area contributed by atoms with Gasteiger partial charge in [-0.15, -0.1) is 0 Å². The summed E-state index contributed by atoms with van der Waals surface area (Å²) in [6.45, 7) is 8.77. The minimum Gasteiger partial charge on any atom is -0.466 e. The number of esters is 1. The van der Waals surface area contributed by atoms with Crippen LogP contribution in [0.2, 0.25) is 0 Å². The summed E-state index contributed by atoms with van der Waals surface area (Å²) in [6, 6.07) is 19.9. The molecule has 0 aliphatic heterocycles. The lowest BCUT2D eigenvalue weighted by atomic mass is 9.75. The van der Waals surface area contributed by atoms with Crippen molar-refractivity contribution < 1.29 is 14.3 Å². The van der Waals surface area contributed by atoms with Gasteiger partial charge >= 0.3 is 5.97 Å². The van der Waals surface area contributed by atoms with Gasteiger partial charge in [-0.2, -0.15) is 9.78 Å². The Balaban J connectivity index is 1.83. The van der Waals surface area contributed by atoms with Gasteiger partial charge in [0, 0.05) is 17.0 Å². The summed E-state index contributed by atoms with van der Waals surface area (Å²) in [5.74, 6) is -0.000903. The maximum atomic E-state index is 14.2. The van der Waals surface area contributed by atoms with Crippen LogP contribution in [-0.4, -0.2) is 28.3 Å². The second-order valence-corrected chi connectivity index (χ2v) is 9.99. The van der Waals surface area contributed by atoms with E-state index in [0.717, 1.165) is 35.4 Å². The molecule has 4 rings (SSSR count). The third kappa shape index (κ3) is 5.39. The van der Waals surface area contributed by atoms with Gasteiger partial charge in [-0.25, -0.2) is 0 Å². The van der Waals surface area contributed by atoms with Crippen LogP contribution in [-0.2, 0) is 16.0 Å². The number of aromatic nitrogens is 2. The fourth-order valence-corrected chi connectivity index (χ4v) is 5.34. The third-order valence-electron chi connectivity index (χ3n) is 7.16. The quantitative estimate of drug-likeness (QED) is 0.345. The Labute approximate surface area is 208 Å². The molecule has 0 bridgehead atoms. The summed E-state index contributed by atoms with van der Waals surface area (Å²) < 4.78 is 6.85. The molecular weight excluding hydrogens is 436 g/mol. The van der Waals surface area contributed by atoms with Gasteiger partial charge in [0.05, 0.1) is 30.3 Å². The van der Waals surface area contributed by atoms with E-state index in [1.165, 1.54) is 5.56 Å². The SMILES string of the molecule is CCOC(=O)C[C@H](Cc1ccccc1)C(=O)n1nc2c(c1-c1ccccc1)[C@H](C)CC[C@H]2C(C)C. The van der Waals surface area contributed by atoms with Gasteiger partial charge in [0.2, 0.25) is 0 Å². The monoisotopic (exact) mass is 472 g/mol. The summed E-state index contributed by atoms with van der Waals surface area (Å²) in [5.41, 5.74) is 5.11. The Kier molecular flexibility index (Phi) is 7.84. The van der Waals surface area contributed by atoms with Crippen LogP contribution >= 0.6 is 0 Å². The average molecular weight is 473 g/mol. The van der Waals surface area contributed by atoms with Gasteiger partial charge in [0.25, 0.3) is 5.91 Å². The zero-order chi connectivity index (χ0) is 24.9. The third-order valence-corrected chi connectivity index (χ3v) is 7.16. The first-order chi connectivity index (χ1) is 16.9. The lowest BCUT2D eigenvalue weighted by Crippen LogP contribution is -2.28. The van der Waals surface area contributed by atoms with Crippen molar-refractivity contribution in [2.75, 3.05) is 6.61 Å². The van der Waals surface area contributed by atoms with E-state index in [9.17, 15) is 9.59 Å². The number of carbonyl (C=O) groups excluding carboxylic acids is 2. The highest BCUT2D eigenvalue weighted by atomic mass is 16.5. The van der Waals surface area contributed by atoms with Crippen LogP contribution < -0.4 is 0 Å². The van der Waals surface area contributed by atoms with E-state index in [-0.39, 0.29) is 18.3 Å². The van der Waals surface area contributed by atoms with Gasteiger partial charge in [-0.3, -0.25) is 9.59 Å².